The Labute approximate surface area is 95.2 Å². The van der Waals surface area contributed by atoms with Crippen molar-refractivity contribution in [1.82, 2.24) is 0 Å². The molecule has 16 heavy (non-hydrogen) atoms. The molecule has 3 nitrogen and oxygen atoms in total. The molecule has 6 heteroatoms. The highest BCUT2D eigenvalue weighted by Gasteiger charge is 2.55. The molecule has 1 aliphatic carbocycles. The topological polar surface area (TPSA) is 52.3 Å². The van der Waals surface area contributed by atoms with Crippen LogP contribution in [0.4, 0.5) is 8.78 Å². The third-order valence-corrected chi connectivity index (χ3v) is 3.92. The quantitative estimate of drug-likeness (QED) is 0.814. The highest BCUT2D eigenvalue weighted by molar-refractivity contribution is 7.14. The van der Waals surface area contributed by atoms with E-state index in [2.05, 4.69) is 4.74 Å². The van der Waals surface area contributed by atoms with Gasteiger partial charge in [-0.05, 0) is 12.1 Å². The third-order valence-electron chi connectivity index (χ3n) is 2.63. The van der Waals surface area contributed by atoms with Gasteiger partial charge in [0.15, 0.2) is 0 Å². The van der Waals surface area contributed by atoms with Crippen LogP contribution in [-0.2, 0) is 10.3 Å². The van der Waals surface area contributed by atoms with Crippen molar-refractivity contribution < 1.29 is 18.3 Å². The lowest BCUT2D eigenvalue weighted by Crippen LogP contribution is -2.55. The molecule has 0 spiro atoms. The van der Waals surface area contributed by atoms with Crippen LogP contribution < -0.4 is 5.73 Å². The normalized spacial score (nSPS) is 21.2. The number of carbonyl (C=O) groups is 1. The first-order valence-electron chi connectivity index (χ1n) is 4.72. The second-order valence-corrected chi connectivity index (χ2v) is 5.10. The lowest BCUT2D eigenvalue weighted by Gasteiger charge is -2.43. The number of esters is 1. The van der Waals surface area contributed by atoms with Crippen molar-refractivity contribution in [3.05, 3.63) is 21.9 Å². The van der Waals surface area contributed by atoms with Gasteiger partial charge in [-0.15, -0.1) is 11.3 Å². The Morgan fingerprint density at radius 1 is 1.50 bits per heavy atom. The molecular formula is C10H11F2NO2S. The Morgan fingerprint density at radius 2 is 2.12 bits per heavy atom. The summed E-state index contributed by atoms with van der Waals surface area (Å²) in [7, 11) is 1.28. The van der Waals surface area contributed by atoms with Crippen LogP contribution in [0.25, 0.3) is 0 Å². The number of halogens is 2. The predicted octanol–water partition coefficient (Wildman–Crippen LogP) is 2.12. The summed E-state index contributed by atoms with van der Waals surface area (Å²) in [4.78, 5) is 12.2. The highest BCUT2D eigenvalue weighted by Crippen LogP contribution is 2.51. The van der Waals surface area contributed by atoms with Gasteiger partial charge in [0.2, 0.25) is 0 Å². The minimum atomic E-state index is -2.68. The van der Waals surface area contributed by atoms with Crippen molar-refractivity contribution in [2.24, 2.45) is 5.73 Å². The largest absolute Gasteiger partial charge is 0.465 e. The summed E-state index contributed by atoms with van der Waals surface area (Å²) in [5, 5.41) is 0. The Bertz CT molecular complexity index is 422. The van der Waals surface area contributed by atoms with E-state index in [4.69, 9.17) is 5.73 Å². The SMILES string of the molecule is COC(=O)c1ccc(C2(N)CC(F)(F)C2)s1. The molecule has 88 valence electrons. The molecule has 0 aromatic carbocycles. The van der Waals surface area contributed by atoms with E-state index < -0.39 is 17.4 Å². The number of ether oxygens (including phenoxy) is 1. The van der Waals surface area contributed by atoms with Crippen molar-refractivity contribution in [3.63, 3.8) is 0 Å². The minimum Gasteiger partial charge on any atom is -0.465 e. The molecule has 2 rings (SSSR count). The van der Waals surface area contributed by atoms with E-state index in [0.29, 0.717) is 9.75 Å². The van der Waals surface area contributed by atoms with Gasteiger partial charge in [-0.25, -0.2) is 13.6 Å². The maximum absolute atomic E-state index is 12.8. The molecule has 1 fully saturated rings. The van der Waals surface area contributed by atoms with Gasteiger partial charge in [0.25, 0.3) is 5.92 Å². The zero-order chi connectivity index (χ0) is 12.0. The van der Waals surface area contributed by atoms with E-state index in [1.807, 2.05) is 0 Å². The average molecular weight is 247 g/mol. The lowest BCUT2D eigenvalue weighted by atomic mass is 9.73. The first kappa shape index (κ1) is 11.5. The number of methoxy groups -OCH3 is 1. The number of carbonyl (C=O) groups excluding carboxylic acids is 1. The molecule has 0 amide bonds. The summed E-state index contributed by atoms with van der Waals surface area (Å²) < 4.78 is 30.1. The molecule has 1 heterocycles. The van der Waals surface area contributed by atoms with Gasteiger partial charge < -0.3 is 10.5 Å². The molecule has 0 aliphatic heterocycles. The van der Waals surface area contributed by atoms with Crippen molar-refractivity contribution in [3.8, 4) is 0 Å². The molecule has 2 N–H and O–H groups in total. The summed E-state index contributed by atoms with van der Waals surface area (Å²) in [5.74, 6) is -3.14. The second-order valence-electron chi connectivity index (χ2n) is 4.02. The molecule has 1 aliphatic rings. The molecule has 0 radical (unpaired) electrons. The smallest absolute Gasteiger partial charge is 0.348 e. The van der Waals surface area contributed by atoms with Gasteiger partial charge in [-0.1, -0.05) is 0 Å². The van der Waals surface area contributed by atoms with Crippen LogP contribution in [-0.4, -0.2) is 19.0 Å². The lowest BCUT2D eigenvalue weighted by molar-refractivity contribution is -0.123. The molecule has 0 atom stereocenters. The Hall–Kier alpha value is -1.01. The van der Waals surface area contributed by atoms with Crippen LogP contribution in [0.1, 0.15) is 27.4 Å². The van der Waals surface area contributed by atoms with Crippen molar-refractivity contribution in [1.29, 1.82) is 0 Å². The Morgan fingerprint density at radius 3 is 2.62 bits per heavy atom. The van der Waals surface area contributed by atoms with Gasteiger partial charge >= 0.3 is 5.97 Å². The van der Waals surface area contributed by atoms with E-state index in [9.17, 15) is 13.6 Å². The number of hydrogen-bond acceptors (Lipinski definition) is 4. The van der Waals surface area contributed by atoms with E-state index in [-0.39, 0.29) is 12.8 Å². The third kappa shape index (κ3) is 1.82. The van der Waals surface area contributed by atoms with Gasteiger partial charge in [0, 0.05) is 17.7 Å². The van der Waals surface area contributed by atoms with Crippen LogP contribution in [0.15, 0.2) is 12.1 Å². The van der Waals surface area contributed by atoms with Gasteiger partial charge in [-0.3, -0.25) is 0 Å². The maximum atomic E-state index is 12.8. The zero-order valence-electron chi connectivity index (χ0n) is 8.63. The number of nitrogens with two attached hydrogens (primary N) is 1. The summed E-state index contributed by atoms with van der Waals surface area (Å²) in [6.45, 7) is 0. The van der Waals surface area contributed by atoms with Crippen LogP contribution in [0.5, 0.6) is 0 Å². The summed E-state index contributed by atoms with van der Waals surface area (Å²) in [6, 6.07) is 3.17. The maximum Gasteiger partial charge on any atom is 0.348 e. The van der Waals surface area contributed by atoms with E-state index in [1.165, 1.54) is 7.11 Å². The van der Waals surface area contributed by atoms with Gasteiger partial charge in [-0.2, -0.15) is 0 Å². The molecule has 1 aromatic heterocycles. The van der Waals surface area contributed by atoms with E-state index in [1.54, 1.807) is 12.1 Å². The average Bonchev–Trinajstić information content (AvgIpc) is 2.62. The van der Waals surface area contributed by atoms with E-state index >= 15 is 0 Å². The first-order chi connectivity index (χ1) is 7.36. The van der Waals surface area contributed by atoms with Gasteiger partial charge in [0.05, 0.1) is 12.6 Å². The predicted molar refractivity (Wildman–Crippen MR) is 55.7 cm³/mol. The number of rotatable bonds is 2. The molecule has 0 unspecified atom stereocenters. The van der Waals surface area contributed by atoms with Crippen LogP contribution >= 0.6 is 11.3 Å². The van der Waals surface area contributed by atoms with Crippen LogP contribution in [0.2, 0.25) is 0 Å². The number of alkyl halides is 2. The summed E-state index contributed by atoms with van der Waals surface area (Å²) in [5.41, 5.74) is 4.85. The standard InChI is InChI=1S/C10H11F2NO2S/c1-15-8(14)6-2-3-7(16-6)9(13)4-10(11,12)5-9/h2-3H,4-5,13H2,1H3. The summed E-state index contributed by atoms with van der Waals surface area (Å²) in [6.07, 6.45) is -0.720. The highest BCUT2D eigenvalue weighted by atomic mass is 32.1. The molecular weight excluding hydrogens is 236 g/mol. The molecule has 0 bridgehead atoms. The Kier molecular flexibility index (Phi) is 2.51. The fraction of sp³-hybridized carbons (Fsp3) is 0.500. The molecule has 1 saturated carbocycles. The van der Waals surface area contributed by atoms with Crippen molar-refractivity contribution >= 4 is 17.3 Å². The number of hydrogen-bond donors (Lipinski definition) is 1. The zero-order valence-corrected chi connectivity index (χ0v) is 9.44. The number of thiophene rings is 1. The minimum absolute atomic E-state index is 0.360. The fourth-order valence-corrected chi connectivity index (χ4v) is 2.88. The van der Waals surface area contributed by atoms with Gasteiger partial charge in [0.1, 0.15) is 4.88 Å². The Balaban J connectivity index is 2.17. The first-order valence-corrected chi connectivity index (χ1v) is 5.53. The van der Waals surface area contributed by atoms with E-state index in [0.717, 1.165) is 11.3 Å². The molecule has 0 saturated heterocycles. The van der Waals surface area contributed by atoms with Crippen LogP contribution in [0.3, 0.4) is 0 Å². The second kappa shape index (κ2) is 3.49. The summed E-state index contributed by atoms with van der Waals surface area (Å²) >= 11 is 1.12. The molecule has 1 aromatic rings. The fourth-order valence-electron chi connectivity index (χ4n) is 1.86. The van der Waals surface area contributed by atoms with Crippen molar-refractivity contribution in [2.75, 3.05) is 7.11 Å². The van der Waals surface area contributed by atoms with Crippen molar-refractivity contribution in [2.45, 2.75) is 24.3 Å². The van der Waals surface area contributed by atoms with Crippen LogP contribution in [0, 0.1) is 0 Å². The monoisotopic (exact) mass is 247 g/mol.